The van der Waals surface area contributed by atoms with Gasteiger partial charge >= 0.3 is 6.18 Å². The lowest BCUT2D eigenvalue weighted by Gasteiger charge is -2.18. The van der Waals surface area contributed by atoms with E-state index < -0.39 is 63.7 Å². The molecule has 0 aliphatic heterocycles. The van der Waals surface area contributed by atoms with Crippen molar-refractivity contribution < 1.29 is 45.1 Å². The smallest absolute Gasteiger partial charge is 0.321 e. The van der Waals surface area contributed by atoms with Crippen LogP contribution >= 0.6 is 27.7 Å². The molecule has 4 aromatic rings. The predicted octanol–water partition coefficient (Wildman–Crippen LogP) is 8.94. The molecule has 3 N–H and O–H groups in total. The van der Waals surface area contributed by atoms with Crippen molar-refractivity contribution in [2.24, 2.45) is 0 Å². The fourth-order valence-electron chi connectivity index (χ4n) is 4.23. The molecular formula is C33H23BrF7N3O3S. The molecular weight excluding hydrogens is 731 g/mol. The first-order valence-corrected chi connectivity index (χ1v) is 15.5. The lowest BCUT2D eigenvalue weighted by molar-refractivity contribution is -0.143. The molecule has 6 nitrogen and oxygen atoms in total. The summed E-state index contributed by atoms with van der Waals surface area (Å²) in [6, 6.07) is 21.1. The average Bonchev–Trinajstić information content (AvgIpc) is 3.04. The van der Waals surface area contributed by atoms with Gasteiger partial charge in [0, 0.05) is 20.6 Å². The summed E-state index contributed by atoms with van der Waals surface area (Å²) in [7, 11) is 0. The normalized spacial score (nSPS) is 12.3. The highest BCUT2D eigenvalue weighted by Gasteiger charge is 2.42. The van der Waals surface area contributed by atoms with Gasteiger partial charge in [-0.1, -0.05) is 59.3 Å². The van der Waals surface area contributed by atoms with E-state index in [0.29, 0.717) is 16.0 Å². The van der Waals surface area contributed by atoms with Gasteiger partial charge in [0.2, 0.25) is 5.91 Å². The Bertz CT molecular complexity index is 1860. The maximum atomic E-state index is 14.4. The second kappa shape index (κ2) is 15.5. The molecule has 0 aliphatic rings. The van der Waals surface area contributed by atoms with Crippen LogP contribution < -0.4 is 16.0 Å². The number of carbonyl (C=O) groups is 3. The van der Waals surface area contributed by atoms with E-state index in [-0.39, 0.29) is 17.8 Å². The molecule has 0 saturated heterocycles. The molecule has 3 amide bonds. The van der Waals surface area contributed by atoms with Gasteiger partial charge in [-0.05, 0) is 60.5 Å². The van der Waals surface area contributed by atoms with Gasteiger partial charge in [0.1, 0.15) is 16.9 Å². The number of nitrogens with one attached hydrogen (secondary N) is 3. The summed E-state index contributed by atoms with van der Waals surface area (Å²) >= 11 is 4.20. The number of halogens is 8. The van der Waals surface area contributed by atoms with Crippen molar-refractivity contribution in [2.75, 3.05) is 10.6 Å². The van der Waals surface area contributed by atoms with E-state index in [0.717, 1.165) is 16.2 Å². The minimum Gasteiger partial charge on any atom is -0.321 e. The Labute approximate surface area is 281 Å². The number of amides is 3. The predicted molar refractivity (Wildman–Crippen MR) is 171 cm³/mol. The number of thioether (sulfide) groups is 1. The van der Waals surface area contributed by atoms with Crippen molar-refractivity contribution in [3.05, 3.63) is 129 Å². The van der Waals surface area contributed by atoms with E-state index in [2.05, 4.69) is 26.6 Å². The van der Waals surface area contributed by atoms with Crippen LogP contribution in [-0.4, -0.2) is 23.0 Å². The summed E-state index contributed by atoms with van der Waals surface area (Å²) in [6.45, 7) is 1.51. The maximum Gasteiger partial charge on any atom is 0.422 e. The molecule has 0 heterocycles. The molecule has 4 aromatic carbocycles. The topological polar surface area (TPSA) is 87.3 Å². The van der Waals surface area contributed by atoms with Gasteiger partial charge in [-0.3, -0.25) is 14.4 Å². The lowest BCUT2D eigenvalue weighted by atomic mass is 10.1. The van der Waals surface area contributed by atoms with Crippen LogP contribution in [0.15, 0.2) is 93.9 Å². The van der Waals surface area contributed by atoms with Gasteiger partial charge < -0.3 is 16.0 Å². The van der Waals surface area contributed by atoms with Crippen molar-refractivity contribution >= 4 is 62.9 Å². The Morgan fingerprint density at radius 1 is 0.833 bits per heavy atom. The van der Waals surface area contributed by atoms with Gasteiger partial charge in [0.05, 0.1) is 5.25 Å². The van der Waals surface area contributed by atoms with E-state index in [4.69, 9.17) is 0 Å². The van der Waals surface area contributed by atoms with Crippen LogP contribution in [-0.2, 0) is 15.8 Å². The summed E-state index contributed by atoms with van der Waals surface area (Å²) < 4.78 is 96.4. The van der Waals surface area contributed by atoms with Gasteiger partial charge in [-0.15, -0.1) is 11.8 Å². The number of hydrogen-bond acceptors (Lipinski definition) is 4. The third-order valence-electron chi connectivity index (χ3n) is 6.52. The minimum atomic E-state index is -5.73. The molecule has 0 saturated carbocycles. The lowest BCUT2D eigenvalue weighted by Crippen LogP contribution is -2.30. The Balaban J connectivity index is 1.54. The summed E-state index contributed by atoms with van der Waals surface area (Å²) in [6.07, 6.45) is -4.27. The molecule has 0 bridgehead atoms. The Kier molecular flexibility index (Phi) is 11.7. The van der Waals surface area contributed by atoms with Crippen molar-refractivity contribution in [1.29, 1.82) is 0 Å². The van der Waals surface area contributed by atoms with Gasteiger partial charge in [-0.25, -0.2) is 17.6 Å². The number of carbonyl (C=O) groups excluding carboxylic acids is 3. The quantitative estimate of drug-likeness (QED) is 0.0654. The van der Waals surface area contributed by atoms with Gasteiger partial charge in [-0.2, -0.15) is 13.2 Å². The van der Waals surface area contributed by atoms with Crippen molar-refractivity contribution in [2.45, 2.75) is 29.7 Å². The summed E-state index contributed by atoms with van der Waals surface area (Å²) in [4.78, 5) is 39.5. The van der Waals surface area contributed by atoms with Crippen LogP contribution in [0.1, 0.15) is 34.8 Å². The molecule has 250 valence electrons. The van der Waals surface area contributed by atoms with Crippen LogP contribution in [0.25, 0.3) is 6.08 Å². The van der Waals surface area contributed by atoms with Crippen LogP contribution in [0.2, 0.25) is 0 Å². The number of alkyl halides is 3. The average molecular weight is 755 g/mol. The second-order valence-corrected chi connectivity index (χ2v) is 12.1. The van der Waals surface area contributed by atoms with Gasteiger partial charge in [0.25, 0.3) is 11.8 Å². The Hall–Kier alpha value is -4.63. The zero-order valence-electron chi connectivity index (χ0n) is 24.5. The SMILES string of the molecule is CCC(Sc1cccc(NC(=O)/C(=C\c2cccc(Br)c2)NC(=O)c2ccccc2)c1)C(=O)Nc1c(F)c(F)c(C(F)(F)F)c(F)c1F. The molecule has 15 heteroatoms. The zero-order chi connectivity index (χ0) is 35.2. The molecule has 48 heavy (non-hydrogen) atoms. The molecule has 0 aliphatic carbocycles. The third kappa shape index (κ3) is 8.83. The second-order valence-electron chi connectivity index (χ2n) is 9.92. The fourth-order valence-corrected chi connectivity index (χ4v) is 5.66. The largest absolute Gasteiger partial charge is 0.422 e. The number of hydrogen-bond donors (Lipinski definition) is 3. The number of anilines is 2. The third-order valence-corrected chi connectivity index (χ3v) is 8.37. The molecule has 4 rings (SSSR count). The van der Waals surface area contributed by atoms with Crippen molar-refractivity contribution in [1.82, 2.24) is 5.32 Å². The summed E-state index contributed by atoms with van der Waals surface area (Å²) in [5, 5.41) is 5.76. The molecule has 1 unspecified atom stereocenters. The monoisotopic (exact) mass is 753 g/mol. The van der Waals surface area contributed by atoms with Crippen LogP contribution in [0.4, 0.5) is 42.1 Å². The number of rotatable bonds is 10. The van der Waals surface area contributed by atoms with E-state index in [1.165, 1.54) is 37.3 Å². The fraction of sp³-hybridized carbons (Fsp3) is 0.121. The first-order valence-electron chi connectivity index (χ1n) is 13.8. The van der Waals surface area contributed by atoms with E-state index >= 15 is 0 Å². The van der Waals surface area contributed by atoms with Crippen LogP contribution in [0.3, 0.4) is 0 Å². The Morgan fingerprint density at radius 2 is 1.48 bits per heavy atom. The molecule has 0 spiro atoms. The zero-order valence-corrected chi connectivity index (χ0v) is 26.9. The Morgan fingerprint density at radius 3 is 2.08 bits per heavy atom. The minimum absolute atomic E-state index is 0.00691. The highest BCUT2D eigenvalue weighted by Crippen LogP contribution is 2.39. The van der Waals surface area contributed by atoms with Crippen molar-refractivity contribution in [3.8, 4) is 0 Å². The maximum absolute atomic E-state index is 14.4. The van der Waals surface area contributed by atoms with Crippen LogP contribution in [0.5, 0.6) is 0 Å². The molecule has 0 fully saturated rings. The first-order chi connectivity index (χ1) is 22.7. The first kappa shape index (κ1) is 36.2. The molecule has 0 aromatic heterocycles. The number of benzene rings is 4. The van der Waals surface area contributed by atoms with E-state index in [1.54, 1.807) is 59.9 Å². The van der Waals surface area contributed by atoms with E-state index in [9.17, 15) is 45.1 Å². The standard InChI is InChI=1S/C33H23BrF7N3O3S/c1-2-23(32(47)44-29-27(37)25(35)24(33(39,40)41)26(36)28(29)38)48-21-13-7-12-20(16-21)42-31(46)22(15-17-8-6-11-19(34)14-17)43-30(45)18-9-4-3-5-10-18/h3-16,23H,2H2,1H3,(H,42,46)(H,43,45)(H,44,47)/b22-15+. The van der Waals surface area contributed by atoms with Crippen LogP contribution in [0, 0.1) is 23.3 Å². The van der Waals surface area contributed by atoms with Gasteiger partial charge in [0.15, 0.2) is 23.3 Å². The highest BCUT2D eigenvalue weighted by atomic mass is 79.9. The summed E-state index contributed by atoms with van der Waals surface area (Å²) in [5.41, 5.74) is -3.46. The highest BCUT2D eigenvalue weighted by molar-refractivity contribution is 9.10. The van der Waals surface area contributed by atoms with Crippen molar-refractivity contribution in [3.63, 3.8) is 0 Å². The summed E-state index contributed by atoms with van der Waals surface area (Å²) in [5.74, 6) is -12.6. The molecule has 1 atom stereocenters. The van der Waals surface area contributed by atoms with E-state index in [1.807, 2.05) is 0 Å². The molecule has 0 radical (unpaired) electrons.